The molecular weight excluding hydrogens is 540 g/mol. The van der Waals surface area contributed by atoms with Crippen LogP contribution in [0.5, 0.6) is 17.2 Å². The third kappa shape index (κ3) is 7.37. The number of carbonyl (C=O) groups excluding carboxylic acids is 1. The van der Waals surface area contributed by atoms with Crippen LogP contribution >= 0.6 is 0 Å². The number of hydrogen-bond donors (Lipinski definition) is 1. The van der Waals surface area contributed by atoms with Gasteiger partial charge in [0, 0.05) is 49.6 Å². The highest BCUT2D eigenvalue weighted by Gasteiger charge is 2.24. The summed E-state index contributed by atoms with van der Waals surface area (Å²) in [6.45, 7) is 2.03. The molecule has 0 unspecified atom stereocenters. The van der Waals surface area contributed by atoms with Crippen LogP contribution in [-0.4, -0.2) is 45.0 Å². The van der Waals surface area contributed by atoms with Crippen molar-refractivity contribution in [1.29, 1.82) is 0 Å². The van der Waals surface area contributed by atoms with Crippen LogP contribution in [0.2, 0.25) is 0 Å². The van der Waals surface area contributed by atoms with Crippen molar-refractivity contribution in [2.75, 3.05) is 34.5 Å². The molecule has 1 N–H and O–H groups in total. The second kappa shape index (κ2) is 14.4. The number of rotatable bonds is 14. The zero-order chi connectivity index (χ0) is 30.0. The Balaban J connectivity index is 1.50. The number of amides is 1. The number of hydrogen-bond acceptors (Lipinski definition) is 5. The van der Waals surface area contributed by atoms with E-state index in [1.54, 1.807) is 21.3 Å². The van der Waals surface area contributed by atoms with Crippen LogP contribution in [0.1, 0.15) is 34.6 Å². The van der Waals surface area contributed by atoms with Gasteiger partial charge >= 0.3 is 0 Å². The molecule has 0 aliphatic carbocycles. The lowest BCUT2D eigenvalue weighted by molar-refractivity contribution is -0.121. The van der Waals surface area contributed by atoms with Crippen LogP contribution in [0.15, 0.2) is 103 Å². The first-order chi connectivity index (χ1) is 21.1. The molecule has 0 saturated carbocycles. The lowest BCUT2D eigenvalue weighted by Gasteiger charge is -2.19. The molecule has 0 bridgehead atoms. The number of ether oxygens (including phenoxy) is 4. The van der Waals surface area contributed by atoms with Crippen molar-refractivity contribution in [2.24, 2.45) is 0 Å². The molecule has 0 radical (unpaired) electrons. The Kier molecular flexibility index (Phi) is 9.97. The van der Waals surface area contributed by atoms with Gasteiger partial charge in [-0.15, -0.1) is 0 Å². The van der Waals surface area contributed by atoms with Gasteiger partial charge in [0.05, 0.1) is 20.8 Å². The quantitative estimate of drug-likeness (QED) is 0.151. The third-order valence-electron chi connectivity index (χ3n) is 7.55. The van der Waals surface area contributed by atoms with Gasteiger partial charge < -0.3 is 28.8 Å². The van der Waals surface area contributed by atoms with Crippen LogP contribution in [-0.2, 0) is 22.7 Å². The van der Waals surface area contributed by atoms with Gasteiger partial charge in [-0.2, -0.15) is 0 Å². The van der Waals surface area contributed by atoms with Gasteiger partial charge in [-0.3, -0.25) is 4.79 Å². The van der Waals surface area contributed by atoms with E-state index in [0.29, 0.717) is 37.8 Å². The second-order valence-corrected chi connectivity index (χ2v) is 10.4. The minimum Gasteiger partial charge on any atom is -0.497 e. The van der Waals surface area contributed by atoms with Gasteiger partial charge in [0.25, 0.3) is 0 Å². The van der Waals surface area contributed by atoms with Crippen LogP contribution in [0, 0.1) is 0 Å². The molecule has 0 spiro atoms. The fourth-order valence-corrected chi connectivity index (χ4v) is 5.32. The van der Waals surface area contributed by atoms with Crippen molar-refractivity contribution in [3.05, 3.63) is 126 Å². The summed E-state index contributed by atoms with van der Waals surface area (Å²) in [5.74, 6) is 1.84. The van der Waals surface area contributed by atoms with E-state index in [2.05, 4.69) is 40.3 Å². The highest BCUT2D eigenvalue weighted by molar-refractivity contribution is 5.87. The van der Waals surface area contributed by atoms with Gasteiger partial charge in [-0.25, -0.2) is 0 Å². The molecule has 5 aromatic rings. The number of carbonyl (C=O) groups is 1. The van der Waals surface area contributed by atoms with E-state index in [1.165, 1.54) is 0 Å². The molecular formula is C36H38N2O5. The third-order valence-corrected chi connectivity index (χ3v) is 7.55. The van der Waals surface area contributed by atoms with Gasteiger partial charge in [0.15, 0.2) is 11.5 Å². The lowest BCUT2D eigenvalue weighted by Crippen LogP contribution is -2.28. The number of aromatic nitrogens is 1. The van der Waals surface area contributed by atoms with Crippen molar-refractivity contribution in [2.45, 2.75) is 25.5 Å². The molecule has 4 aromatic carbocycles. The minimum absolute atomic E-state index is 0.0441. The van der Waals surface area contributed by atoms with E-state index in [9.17, 15) is 4.79 Å². The summed E-state index contributed by atoms with van der Waals surface area (Å²) in [6.07, 6.45) is 2.45. The molecule has 1 atom stereocenters. The Labute approximate surface area is 253 Å². The van der Waals surface area contributed by atoms with Gasteiger partial charge in [0.1, 0.15) is 12.4 Å². The highest BCUT2D eigenvalue weighted by Crippen LogP contribution is 2.39. The molecule has 1 heterocycles. The van der Waals surface area contributed by atoms with E-state index in [-0.39, 0.29) is 18.2 Å². The first-order valence-electron chi connectivity index (χ1n) is 14.4. The molecule has 1 amide bonds. The predicted molar refractivity (Wildman–Crippen MR) is 169 cm³/mol. The number of fused-ring (bicyclic) bond motifs is 1. The van der Waals surface area contributed by atoms with Crippen LogP contribution in [0.4, 0.5) is 0 Å². The average molecular weight is 579 g/mol. The van der Waals surface area contributed by atoms with E-state index in [4.69, 9.17) is 18.9 Å². The maximum absolute atomic E-state index is 13.2. The molecule has 0 fully saturated rings. The Morgan fingerprint density at radius 1 is 0.814 bits per heavy atom. The maximum atomic E-state index is 13.2. The summed E-state index contributed by atoms with van der Waals surface area (Å²) < 4.78 is 24.6. The Morgan fingerprint density at radius 2 is 1.58 bits per heavy atom. The van der Waals surface area contributed by atoms with E-state index in [1.807, 2.05) is 72.8 Å². The Morgan fingerprint density at radius 3 is 2.33 bits per heavy atom. The summed E-state index contributed by atoms with van der Waals surface area (Å²) in [6, 6.07) is 32.4. The van der Waals surface area contributed by atoms with Crippen molar-refractivity contribution in [1.82, 2.24) is 9.88 Å². The summed E-state index contributed by atoms with van der Waals surface area (Å²) in [4.78, 5) is 13.2. The zero-order valence-corrected chi connectivity index (χ0v) is 24.9. The SMILES string of the molecule is COCCNC(=O)C[C@@H](c1ccc(OCc2ccccc2)c(OC)c1)c1cn(Cc2ccc(OC)cc2)c2ccccc12. The number of para-hydroxylation sites is 1. The molecule has 7 nitrogen and oxygen atoms in total. The minimum atomic E-state index is -0.221. The van der Waals surface area contributed by atoms with Gasteiger partial charge in [-0.1, -0.05) is 66.7 Å². The number of methoxy groups -OCH3 is 3. The molecule has 1 aromatic heterocycles. The molecule has 7 heteroatoms. The topological polar surface area (TPSA) is 71.0 Å². The lowest BCUT2D eigenvalue weighted by atomic mass is 9.87. The first kappa shape index (κ1) is 29.7. The van der Waals surface area contributed by atoms with Crippen molar-refractivity contribution >= 4 is 16.8 Å². The molecule has 222 valence electrons. The summed E-state index contributed by atoms with van der Waals surface area (Å²) in [5, 5.41) is 4.10. The largest absolute Gasteiger partial charge is 0.497 e. The van der Waals surface area contributed by atoms with E-state index in [0.717, 1.165) is 38.9 Å². The van der Waals surface area contributed by atoms with Gasteiger partial charge in [0.2, 0.25) is 5.91 Å². The molecule has 0 saturated heterocycles. The van der Waals surface area contributed by atoms with Crippen LogP contribution in [0.3, 0.4) is 0 Å². The van der Waals surface area contributed by atoms with Crippen molar-refractivity contribution < 1.29 is 23.7 Å². The van der Waals surface area contributed by atoms with Crippen molar-refractivity contribution in [3.63, 3.8) is 0 Å². The maximum Gasteiger partial charge on any atom is 0.221 e. The number of nitrogens with one attached hydrogen (secondary N) is 1. The summed E-state index contributed by atoms with van der Waals surface area (Å²) >= 11 is 0. The zero-order valence-electron chi connectivity index (χ0n) is 24.9. The standard InChI is InChI=1S/C36H38N2O5/c1-40-20-19-37-36(39)22-31(28-15-18-34(35(21-28)42-3)43-25-27-9-5-4-6-10-27)32-24-38(33-12-8-7-11-30(32)33)23-26-13-16-29(41-2)17-14-26/h4-18,21,24,31H,19-20,22-23,25H2,1-3H3,(H,37,39)/t31-/m0/s1. The normalized spacial score (nSPS) is 11.7. The highest BCUT2D eigenvalue weighted by atomic mass is 16.5. The predicted octanol–water partition coefficient (Wildman–Crippen LogP) is 6.57. The van der Waals surface area contributed by atoms with Crippen LogP contribution < -0.4 is 19.5 Å². The monoisotopic (exact) mass is 578 g/mol. The average Bonchev–Trinajstić information content (AvgIpc) is 3.41. The van der Waals surface area contributed by atoms with E-state index < -0.39 is 0 Å². The smallest absolute Gasteiger partial charge is 0.221 e. The molecule has 43 heavy (non-hydrogen) atoms. The van der Waals surface area contributed by atoms with Gasteiger partial charge in [-0.05, 0) is 52.6 Å². The molecule has 0 aliphatic rings. The Hall–Kier alpha value is -4.75. The number of benzene rings is 4. The van der Waals surface area contributed by atoms with Crippen LogP contribution in [0.25, 0.3) is 10.9 Å². The summed E-state index contributed by atoms with van der Waals surface area (Å²) in [5.41, 5.74) is 5.38. The Bertz CT molecular complexity index is 1630. The van der Waals surface area contributed by atoms with E-state index >= 15 is 0 Å². The second-order valence-electron chi connectivity index (χ2n) is 10.4. The summed E-state index contributed by atoms with van der Waals surface area (Å²) in [7, 11) is 4.94. The molecule has 5 rings (SSSR count). The van der Waals surface area contributed by atoms with Crippen molar-refractivity contribution in [3.8, 4) is 17.2 Å². The molecule has 0 aliphatic heterocycles. The fraction of sp³-hybridized carbons (Fsp3) is 0.250. The first-order valence-corrected chi connectivity index (χ1v) is 14.4. The number of nitrogens with zero attached hydrogens (tertiary/aromatic N) is 1. The fourth-order valence-electron chi connectivity index (χ4n) is 5.32.